The molecule has 0 amide bonds. The van der Waals surface area contributed by atoms with Crippen LogP contribution in [0.3, 0.4) is 0 Å². The molecule has 2 N–H and O–H groups in total. The molecule has 76 valence electrons. The fourth-order valence-corrected chi connectivity index (χ4v) is 1.08. The van der Waals surface area contributed by atoms with E-state index in [-0.39, 0.29) is 11.4 Å². The van der Waals surface area contributed by atoms with Crippen molar-refractivity contribution in [1.82, 2.24) is 9.78 Å². The summed E-state index contributed by atoms with van der Waals surface area (Å²) in [7, 11) is 0. The molecule has 1 heterocycles. The van der Waals surface area contributed by atoms with Crippen molar-refractivity contribution in [3.63, 3.8) is 0 Å². The summed E-state index contributed by atoms with van der Waals surface area (Å²) in [6.07, 6.45) is 0.695. The molecule has 1 rings (SSSR count). The van der Waals surface area contributed by atoms with Crippen LogP contribution in [0.1, 0.15) is 34.3 Å². The number of carbonyl (C=O) groups is 2. The smallest absolute Gasteiger partial charge is 0.356 e. The second kappa shape index (κ2) is 3.91. The molecular formula is C8H10N2O4. The van der Waals surface area contributed by atoms with Gasteiger partial charge >= 0.3 is 11.9 Å². The van der Waals surface area contributed by atoms with Crippen LogP contribution < -0.4 is 0 Å². The van der Waals surface area contributed by atoms with Crippen LogP contribution in [0.25, 0.3) is 0 Å². The standard InChI is InChI=1S/C8H10N2O4/c1-2-3-10-6(8(13)14)4-5(9-10)7(11)12/h4H,2-3H2,1H3,(H,11,12)(H,13,14). The predicted octanol–water partition coefficient (Wildman–Crippen LogP) is 0.690. The molecule has 0 aliphatic rings. The molecule has 0 aliphatic heterocycles. The van der Waals surface area contributed by atoms with Crippen molar-refractivity contribution in [1.29, 1.82) is 0 Å². The molecule has 1 aromatic heterocycles. The number of aromatic nitrogens is 2. The normalized spacial score (nSPS) is 10.1. The second-order valence-electron chi connectivity index (χ2n) is 2.75. The summed E-state index contributed by atoms with van der Waals surface area (Å²) in [5.41, 5.74) is -0.333. The van der Waals surface area contributed by atoms with Crippen LogP contribution in [0.5, 0.6) is 0 Å². The molecule has 6 nitrogen and oxygen atoms in total. The zero-order valence-corrected chi connectivity index (χ0v) is 7.60. The summed E-state index contributed by atoms with van der Waals surface area (Å²) in [4.78, 5) is 21.2. The number of carboxylic acid groups (broad SMARTS) is 2. The summed E-state index contributed by atoms with van der Waals surface area (Å²) in [6, 6.07) is 1.06. The van der Waals surface area contributed by atoms with Crippen molar-refractivity contribution in [3.8, 4) is 0 Å². The van der Waals surface area contributed by atoms with Crippen molar-refractivity contribution < 1.29 is 19.8 Å². The first-order valence-electron chi connectivity index (χ1n) is 4.10. The second-order valence-corrected chi connectivity index (χ2v) is 2.75. The van der Waals surface area contributed by atoms with E-state index in [9.17, 15) is 9.59 Å². The monoisotopic (exact) mass is 198 g/mol. The molecule has 0 radical (unpaired) electrons. The van der Waals surface area contributed by atoms with Gasteiger partial charge < -0.3 is 10.2 Å². The summed E-state index contributed by atoms with van der Waals surface area (Å²) in [6.45, 7) is 2.25. The lowest BCUT2D eigenvalue weighted by Gasteiger charge is -1.99. The van der Waals surface area contributed by atoms with Crippen LogP contribution in [0.4, 0.5) is 0 Å². The Morgan fingerprint density at radius 2 is 2.07 bits per heavy atom. The zero-order chi connectivity index (χ0) is 10.7. The van der Waals surface area contributed by atoms with Crippen LogP contribution in [0.2, 0.25) is 0 Å². The average molecular weight is 198 g/mol. The van der Waals surface area contributed by atoms with Gasteiger partial charge in [0.15, 0.2) is 5.69 Å². The van der Waals surface area contributed by atoms with Crippen LogP contribution in [-0.4, -0.2) is 31.9 Å². The largest absolute Gasteiger partial charge is 0.477 e. The van der Waals surface area contributed by atoms with E-state index in [1.54, 1.807) is 0 Å². The Morgan fingerprint density at radius 3 is 2.50 bits per heavy atom. The van der Waals surface area contributed by atoms with E-state index >= 15 is 0 Å². The third-order valence-corrected chi connectivity index (χ3v) is 1.65. The first kappa shape index (κ1) is 10.2. The first-order valence-corrected chi connectivity index (χ1v) is 4.10. The van der Waals surface area contributed by atoms with Crippen LogP contribution >= 0.6 is 0 Å². The Hall–Kier alpha value is -1.85. The SMILES string of the molecule is CCCn1nc(C(=O)O)cc1C(=O)O. The number of aromatic carboxylic acids is 2. The van der Waals surface area contributed by atoms with Gasteiger partial charge in [-0.25, -0.2) is 9.59 Å². The number of carboxylic acids is 2. The Labute approximate surface area is 79.8 Å². The Kier molecular flexibility index (Phi) is 2.85. The highest BCUT2D eigenvalue weighted by molar-refractivity contribution is 5.91. The van der Waals surface area contributed by atoms with Gasteiger partial charge in [-0.2, -0.15) is 5.10 Å². The molecular weight excluding hydrogens is 188 g/mol. The molecule has 0 spiro atoms. The Morgan fingerprint density at radius 1 is 1.43 bits per heavy atom. The zero-order valence-electron chi connectivity index (χ0n) is 7.60. The summed E-state index contributed by atoms with van der Waals surface area (Å²) in [5, 5.41) is 21.0. The highest BCUT2D eigenvalue weighted by Crippen LogP contribution is 2.05. The highest BCUT2D eigenvalue weighted by atomic mass is 16.4. The quantitative estimate of drug-likeness (QED) is 0.742. The lowest BCUT2D eigenvalue weighted by Crippen LogP contribution is -2.09. The van der Waals surface area contributed by atoms with Crippen molar-refractivity contribution in [2.45, 2.75) is 19.9 Å². The minimum Gasteiger partial charge on any atom is -0.477 e. The minimum absolute atomic E-state index is 0.0933. The topological polar surface area (TPSA) is 92.4 Å². The molecule has 0 bridgehead atoms. The van der Waals surface area contributed by atoms with E-state index < -0.39 is 11.9 Å². The molecule has 0 saturated heterocycles. The maximum atomic E-state index is 10.7. The Balaban J connectivity index is 3.12. The number of aryl methyl sites for hydroxylation is 1. The molecule has 6 heteroatoms. The van der Waals surface area contributed by atoms with Crippen LogP contribution in [0.15, 0.2) is 6.07 Å². The van der Waals surface area contributed by atoms with Gasteiger partial charge in [0, 0.05) is 12.6 Å². The number of hydrogen-bond donors (Lipinski definition) is 2. The van der Waals surface area contributed by atoms with Gasteiger partial charge in [-0.1, -0.05) is 6.92 Å². The van der Waals surface area contributed by atoms with Gasteiger partial charge in [0.25, 0.3) is 0 Å². The molecule has 0 aromatic carbocycles. The summed E-state index contributed by atoms with van der Waals surface area (Å²) in [5.74, 6) is -2.39. The predicted molar refractivity (Wildman–Crippen MR) is 46.4 cm³/mol. The summed E-state index contributed by atoms with van der Waals surface area (Å²) < 4.78 is 1.19. The van der Waals surface area contributed by atoms with Crippen molar-refractivity contribution in [3.05, 3.63) is 17.5 Å². The molecule has 0 fully saturated rings. The maximum absolute atomic E-state index is 10.7. The lowest BCUT2D eigenvalue weighted by molar-refractivity contribution is 0.0675. The van der Waals surface area contributed by atoms with E-state index in [0.29, 0.717) is 13.0 Å². The van der Waals surface area contributed by atoms with Gasteiger partial charge in [0.1, 0.15) is 5.69 Å². The third-order valence-electron chi connectivity index (χ3n) is 1.65. The minimum atomic E-state index is -1.22. The van der Waals surface area contributed by atoms with E-state index in [1.165, 1.54) is 4.68 Å². The van der Waals surface area contributed by atoms with Crippen LogP contribution in [0, 0.1) is 0 Å². The maximum Gasteiger partial charge on any atom is 0.356 e. The molecule has 1 aromatic rings. The summed E-state index contributed by atoms with van der Waals surface area (Å²) >= 11 is 0. The van der Waals surface area contributed by atoms with Crippen molar-refractivity contribution >= 4 is 11.9 Å². The van der Waals surface area contributed by atoms with Gasteiger partial charge in [-0.3, -0.25) is 4.68 Å². The first-order chi connectivity index (χ1) is 6.56. The van der Waals surface area contributed by atoms with Crippen molar-refractivity contribution in [2.24, 2.45) is 0 Å². The lowest BCUT2D eigenvalue weighted by atomic mass is 10.3. The van der Waals surface area contributed by atoms with Gasteiger partial charge in [-0.15, -0.1) is 0 Å². The molecule has 0 atom stereocenters. The Bertz CT molecular complexity index is 369. The van der Waals surface area contributed by atoms with Crippen molar-refractivity contribution in [2.75, 3.05) is 0 Å². The van der Waals surface area contributed by atoms with E-state index in [1.807, 2.05) is 6.92 Å². The number of hydrogen-bond acceptors (Lipinski definition) is 3. The number of rotatable bonds is 4. The number of nitrogens with zero attached hydrogens (tertiary/aromatic N) is 2. The third kappa shape index (κ3) is 1.90. The van der Waals surface area contributed by atoms with Gasteiger partial charge in [0.05, 0.1) is 0 Å². The molecule has 0 unspecified atom stereocenters. The highest BCUT2D eigenvalue weighted by Gasteiger charge is 2.17. The van der Waals surface area contributed by atoms with E-state index in [2.05, 4.69) is 5.10 Å². The average Bonchev–Trinajstić information content (AvgIpc) is 2.49. The van der Waals surface area contributed by atoms with Crippen LogP contribution in [-0.2, 0) is 6.54 Å². The van der Waals surface area contributed by atoms with Gasteiger partial charge in [-0.05, 0) is 6.42 Å². The fourth-order valence-electron chi connectivity index (χ4n) is 1.08. The molecule has 0 saturated carbocycles. The molecule has 0 aliphatic carbocycles. The van der Waals surface area contributed by atoms with Gasteiger partial charge in [0.2, 0.25) is 0 Å². The van der Waals surface area contributed by atoms with E-state index in [0.717, 1.165) is 6.07 Å². The van der Waals surface area contributed by atoms with E-state index in [4.69, 9.17) is 10.2 Å². The fraction of sp³-hybridized carbons (Fsp3) is 0.375. The molecule has 14 heavy (non-hydrogen) atoms.